The zero-order chi connectivity index (χ0) is 21.2. The molecule has 2 heterocycles. The van der Waals surface area contributed by atoms with E-state index in [1.54, 1.807) is 18.2 Å². The Morgan fingerprint density at radius 2 is 1.65 bits per heavy atom. The zero-order valence-corrected chi connectivity index (χ0v) is 16.5. The average molecular weight is 409 g/mol. The number of aromatic amines is 1. The molecule has 6 nitrogen and oxygen atoms in total. The second-order valence-electron chi connectivity index (χ2n) is 7.32. The summed E-state index contributed by atoms with van der Waals surface area (Å²) in [5.74, 6) is 0.430. The van der Waals surface area contributed by atoms with Crippen molar-refractivity contribution in [2.45, 2.75) is 12.5 Å². The normalized spacial score (nSPS) is 12.1. The molecule has 0 aliphatic rings. The molecular weight excluding hydrogens is 390 g/mol. The third-order valence-electron chi connectivity index (χ3n) is 5.27. The fraction of sp³-hybridized carbons (Fsp3) is 0.0800. The summed E-state index contributed by atoms with van der Waals surface area (Å²) < 4.78 is 6.04. The predicted octanol–water partition coefficient (Wildman–Crippen LogP) is 4.12. The van der Waals surface area contributed by atoms with Crippen LogP contribution in [0.25, 0.3) is 21.7 Å². The maximum absolute atomic E-state index is 13.0. The van der Waals surface area contributed by atoms with Crippen molar-refractivity contribution in [3.8, 4) is 0 Å². The number of para-hydroxylation sites is 1. The van der Waals surface area contributed by atoms with Gasteiger partial charge in [-0.05, 0) is 23.8 Å². The van der Waals surface area contributed by atoms with Crippen LogP contribution in [0, 0.1) is 0 Å². The van der Waals surface area contributed by atoms with Gasteiger partial charge in [-0.1, -0.05) is 66.7 Å². The fourth-order valence-corrected chi connectivity index (χ4v) is 3.78. The summed E-state index contributed by atoms with van der Waals surface area (Å²) in [7, 11) is 0. The van der Waals surface area contributed by atoms with Gasteiger partial charge in [-0.15, -0.1) is 0 Å². The molecule has 2 N–H and O–H groups in total. The van der Waals surface area contributed by atoms with E-state index in [0.29, 0.717) is 22.2 Å². The van der Waals surface area contributed by atoms with Gasteiger partial charge in [-0.3, -0.25) is 9.59 Å². The molecule has 0 spiro atoms. The van der Waals surface area contributed by atoms with Crippen LogP contribution in [0.3, 0.4) is 0 Å². The number of nitrogens with one attached hydrogen (secondary N) is 2. The van der Waals surface area contributed by atoms with Gasteiger partial charge in [0.1, 0.15) is 17.4 Å². The van der Waals surface area contributed by atoms with Crippen LogP contribution in [0.1, 0.15) is 23.1 Å². The highest BCUT2D eigenvalue weighted by molar-refractivity contribution is 5.88. The first kappa shape index (κ1) is 18.8. The van der Waals surface area contributed by atoms with Crippen LogP contribution >= 0.6 is 0 Å². The highest BCUT2D eigenvalue weighted by Crippen LogP contribution is 2.28. The number of hydrogen-bond acceptors (Lipinski definition) is 4. The van der Waals surface area contributed by atoms with Crippen molar-refractivity contribution in [2.24, 2.45) is 0 Å². The number of carbonyl (C=O) groups is 1. The van der Waals surface area contributed by atoms with Gasteiger partial charge in [0.15, 0.2) is 0 Å². The monoisotopic (exact) mass is 409 g/mol. The van der Waals surface area contributed by atoms with Gasteiger partial charge in [0.2, 0.25) is 5.91 Å². The molecule has 3 aromatic carbocycles. The molecule has 2 aromatic heterocycles. The average Bonchev–Trinajstić information content (AvgIpc) is 3.24. The smallest absolute Gasteiger partial charge is 0.272 e. The highest BCUT2D eigenvalue weighted by atomic mass is 16.3. The molecule has 5 aromatic rings. The number of furan rings is 1. The molecular formula is C25H19N3O3. The lowest BCUT2D eigenvalue weighted by Gasteiger charge is -2.17. The van der Waals surface area contributed by atoms with Crippen molar-refractivity contribution >= 4 is 27.6 Å². The van der Waals surface area contributed by atoms with E-state index in [1.165, 1.54) is 0 Å². The molecule has 1 atom stereocenters. The molecule has 6 heteroatoms. The molecule has 0 aliphatic heterocycles. The summed E-state index contributed by atoms with van der Waals surface area (Å²) in [6.07, 6.45) is 0.0286. The molecule has 0 fully saturated rings. The second kappa shape index (κ2) is 7.91. The molecule has 0 saturated carbocycles. The van der Waals surface area contributed by atoms with Crippen molar-refractivity contribution in [1.82, 2.24) is 15.5 Å². The largest absolute Gasteiger partial charge is 0.459 e. The lowest BCUT2D eigenvalue weighted by atomic mass is 10.0. The van der Waals surface area contributed by atoms with Crippen LogP contribution in [0.15, 0.2) is 94.1 Å². The number of carbonyl (C=O) groups excluding carboxylic acids is 1. The Bertz CT molecular complexity index is 1400. The quantitative estimate of drug-likeness (QED) is 0.457. The van der Waals surface area contributed by atoms with Crippen LogP contribution in [0.2, 0.25) is 0 Å². The van der Waals surface area contributed by atoms with Crippen LogP contribution in [-0.2, 0) is 11.2 Å². The molecule has 0 bridgehead atoms. The van der Waals surface area contributed by atoms with E-state index >= 15 is 0 Å². The Labute approximate surface area is 177 Å². The summed E-state index contributed by atoms with van der Waals surface area (Å²) in [6, 6.07) is 26.0. The number of benzene rings is 3. The van der Waals surface area contributed by atoms with Crippen LogP contribution in [-0.4, -0.2) is 16.1 Å². The first-order valence-corrected chi connectivity index (χ1v) is 9.98. The minimum atomic E-state index is -0.449. The summed E-state index contributed by atoms with van der Waals surface area (Å²) in [5, 5.41) is 11.8. The third-order valence-corrected chi connectivity index (χ3v) is 5.27. The van der Waals surface area contributed by atoms with E-state index in [0.717, 1.165) is 16.5 Å². The van der Waals surface area contributed by atoms with Gasteiger partial charge in [0, 0.05) is 10.8 Å². The van der Waals surface area contributed by atoms with E-state index in [4.69, 9.17) is 4.42 Å². The number of nitrogens with zero attached hydrogens (tertiary/aromatic N) is 1. The zero-order valence-electron chi connectivity index (χ0n) is 16.5. The van der Waals surface area contributed by atoms with Gasteiger partial charge in [-0.2, -0.15) is 5.10 Å². The van der Waals surface area contributed by atoms with Crippen molar-refractivity contribution in [3.05, 3.63) is 112 Å². The van der Waals surface area contributed by atoms with Crippen molar-refractivity contribution in [1.29, 1.82) is 0 Å². The third kappa shape index (κ3) is 3.71. The van der Waals surface area contributed by atoms with E-state index in [9.17, 15) is 9.59 Å². The minimum absolute atomic E-state index is 0.0286. The highest BCUT2D eigenvalue weighted by Gasteiger charge is 2.22. The Morgan fingerprint density at radius 1 is 0.935 bits per heavy atom. The fourth-order valence-electron chi connectivity index (χ4n) is 3.78. The number of rotatable bonds is 5. The summed E-state index contributed by atoms with van der Waals surface area (Å²) in [5.41, 5.74) is 1.92. The molecule has 5 rings (SSSR count). The topological polar surface area (TPSA) is 88.0 Å². The Hall–Kier alpha value is -4.19. The molecule has 0 aliphatic carbocycles. The van der Waals surface area contributed by atoms with Crippen molar-refractivity contribution in [3.63, 3.8) is 0 Å². The van der Waals surface area contributed by atoms with Crippen LogP contribution in [0.4, 0.5) is 0 Å². The van der Waals surface area contributed by atoms with Gasteiger partial charge >= 0.3 is 0 Å². The minimum Gasteiger partial charge on any atom is -0.459 e. The van der Waals surface area contributed by atoms with Gasteiger partial charge in [-0.25, -0.2) is 5.10 Å². The molecule has 0 saturated heterocycles. The lowest BCUT2D eigenvalue weighted by molar-refractivity contribution is -0.121. The first-order chi connectivity index (χ1) is 15.2. The summed E-state index contributed by atoms with van der Waals surface area (Å²) in [4.78, 5) is 25.0. The number of amides is 1. The number of fused-ring (bicyclic) bond motifs is 2. The summed E-state index contributed by atoms with van der Waals surface area (Å²) in [6.45, 7) is 0. The van der Waals surface area contributed by atoms with E-state index in [1.807, 2.05) is 66.7 Å². The molecule has 0 unspecified atom stereocenters. The van der Waals surface area contributed by atoms with Crippen molar-refractivity contribution in [2.75, 3.05) is 0 Å². The maximum Gasteiger partial charge on any atom is 0.272 e. The SMILES string of the molecule is O=C(Cc1n[nH]c(=O)c2ccccc12)N[C@@H](c1ccccc1)c1cc2ccccc2o1. The second-order valence-corrected chi connectivity index (χ2v) is 7.32. The predicted molar refractivity (Wildman–Crippen MR) is 119 cm³/mol. The van der Waals surface area contributed by atoms with Crippen LogP contribution in [0.5, 0.6) is 0 Å². The Kier molecular flexibility index (Phi) is 4.80. The molecule has 1 amide bonds. The van der Waals surface area contributed by atoms with Crippen molar-refractivity contribution < 1.29 is 9.21 Å². The molecule has 0 radical (unpaired) electrons. The van der Waals surface area contributed by atoms with Gasteiger partial charge in [0.25, 0.3) is 5.56 Å². The van der Waals surface area contributed by atoms with Gasteiger partial charge < -0.3 is 9.73 Å². The Morgan fingerprint density at radius 3 is 2.45 bits per heavy atom. The van der Waals surface area contributed by atoms with E-state index in [-0.39, 0.29) is 17.9 Å². The lowest BCUT2D eigenvalue weighted by Crippen LogP contribution is -2.31. The maximum atomic E-state index is 13.0. The summed E-state index contributed by atoms with van der Waals surface area (Å²) >= 11 is 0. The first-order valence-electron chi connectivity index (χ1n) is 9.98. The van der Waals surface area contributed by atoms with Crippen LogP contribution < -0.4 is 10.9 Å². The molecule has 152 valence electrons. The Balaban J connectivity index is 1.48. The molecule has 31 heavy (non-hydrogen) atoms. The van der Waals surface area contributed by atoms with E-state index in [2.05, 4.69) is 15.5 Å². The van der Waals surface area contributed by atoms with E-state index < -0.39 is 6.04 Å². The number of H-pyrrole nitrogens is 1. The standard InChI is InChI=1S/C25H19N3O3/c29-23(15-20-18-11-5-6-12-19(18)25(30)28-27-20)26-24(16-8-2-1-3-9-16)22-14-17-10-4-7-13-21(17)31-22/h1-14,24H,15H2,(H,26,29)(H,28,30)/t24-/m0/s1. The number of aromatic nitrogens is 2. The van der Waals surface area contributed by atoms with Gasteiger partial charge in [0.05, 0.1) is 17.5 Å². The number of hydrogen-bond donors (Lipinski definition) is 2.